The van der Waals surface area contributed by atoms with E-state index in [0.29, 0.717) is 0 Å². The molecule has 0 radical (unpaired) electrons. The van der Waals surface area contributed by atoms with Gasteiger partial charge in [-0.05, 0) is 37.1 Å². The van der Waals surface area contributed by atoms with Crippen molar-refractivity contribution in [3.8, 4) is 5.75 Å². The molecule has 114 valence electrons. The summed E-state index contributed by atoms with van der Waals surface area (Å²) >= 11 is 0. The zero-order valence-corrected chi connectivity index (χ0v) is 13.3. The maximum absolute atomic E-state index is 5.65. The van der Waals surface area contributed by atoms with Crippen molar-refractivity contribution >= 4 is 5.69 Å². The molecule has 0 heterocycles. The van der Waals surface area contributed by atoms with Gasteiger partial charge in [-0.1, -0.05) is 52.4 Å². The highest BCUT2D eigenvalue weighted by Crippen LogP contribution is 2.16. The van der Waals surface area contributed by atoms with Crippen LogP contribution >= 0.6 is 0 Å². The van der Waals surface area contributed by atoms with E-state index in [-0.39, 0.29) is 0 Å². The number of unbranched alkanes of at least 4 members (excludes halogenated alkanes) is 6. The van der Waals surface area contributed by atoms with Crippen LogP contribution in [0.2, 0.25) is 0 Å². The van der Waals surface area contributed by atoms with Crippen LogP contribution in [0.4, 0.5) is 5.69 Å². The standard InChI is InChI=1S/C18H31NO/c1-3-5-7-8-9-10-15-19-17-11-13-18(14-12-17)20-16-6-4-2/h11-14,19H,3-10,15-16H2,1-2H3. The Labute approximate surface area is 124 Å². The van der Waals surface area contributed by atoms with Crippen molar-refractivity contribution in [3.63, 3.8) is 0 Å². The molecule has 0 atom stereocenters. The molecule has 0 aliphatic rings. The largest absolute Gasteiger partial charge is 0.494 e. The average Bonchev–Trinajstić information content (AvgIpc) is 2.48. The minimum Gasteiger partial charge on any atom is -0.494 e. The maximum Gasteiger partial charge on any atom is 0.119 e. The van der Waals surface area contributed by atoms with E-state index in [4.69, 9.17) is 4.74 Å². The molecule has 1 aromatic rings. The van der Waals surface area contributed by atoms with Crippen LogP contribution < -0.4 is 10.1 Å². The molecule has 0 saturated carbocycles. The van der Waals surface area contributed by atoms with Crippen molar-refractivity contribution in [3.05, 3.63) is 24.3 Å². The van der Waals surface area contributed by atoms with Gasteiger partial charge in [0, 0.05) is 12.2 Å². The second-order valence-corrected chi connectivity index (χ2v) is 5.42. The van der Waals surface area contributed by atoms with Crippen LogP contribution in [0.3, 0.4) is 0 Å². The minimum atomic E-state index is 0.820. The number of anilines is 1. The number of hydrogen-bond acceptors (Lipinski definition) is 2. The van der Waals surface area contributed by atoms with Gasteiger partial charge >= 0.3 is 0 Å². The molecule has 0 aromatic heterocycles. The molecule has 0 bridgehead atoms. The predicted octanol–water partition coefficient (Wildman–Crippen LogP) is 5.64. The van der Waals surface area contributed by atoms with Crippen LogP contribution in [0.5, 0.6) is 5.75 Å². The third kappa shape index (κ3) is 8.08. The first kappa shape index (κ1) is 16.9. The summed E-state index contributed by atoms with van der Waals surface area (Å²) in [7, 11) is 0. The molecule has 1 rings (SSSR count). The second-order valence-electron chi connectivity index (χ2n) is 5.42. The van der Waals surface area contributed by atoms with Gasteiger partial charge in [0.15, 0.2) is 0 Å². The van der Waals surface area contributed by atoms with Crippen LogP contribution in [0.15, 0.2) is 24.3 Å². The molecule has 20 heavy (non-hydrogen) atoms. The molecule has 0 aliphatic heterocycles. The zero-order valence-electron chi connectivity index (χ0n) is 13.3. The first-order valence-electron chi connectivity index (χ1n) is 8.33. The Morgan fingerprint density at radius 2 is 1.45 bits per heavy atom. The first-order chi connectivity index (χ1) is 9.86. The number of nitrogens with one attached hydrogen (secondary N) is 1. The molecular formula is C18H31NO. The van der Waals surface area contributed by atoms with Crippen molar-refractivity contribution in [1.29, 1.82) is 0 Å². The monoisotopic (exact) mass is 277 g/mol. The lowest BCUT2D eigenvalue weighted by atomic mass is 10.1. The predicted molar refractivity (Wildman–Crippen MR) is 88.7 cm³/mol. The second kappa shape index (κ2) is 11.6. The van der Waals surface area contributed by atoms with E-state index in [1.54, 1.807) is 0 Å². The van der Waals surface area contributed by atoms with E-state index in [1.165, 1.54) is 50.6 Å². The first-order valence-corrected chi connectivity index (χ1v) is 8.33. The molecule has 1 N–H and O–H groups in total. The lowest BCUT2D eigenvalue weighted by Crippen LogP contribution is -2.01. The fourth-order valence-electron chi connectivity index (χ4n) is 2.14. The summed E-state index contributed by atoms with van der Waals surface area (Å²) in [6.45, 7) is 6.33. The van der Waals surface area contributed by atoms with Crippen LogP contribution in [0, 0.1) is 0 Å². The van der Waals surface area contributed by atoms with Crippen LogP contribution in [0.25, 0.3) is 0 Å². The third-order valence-corrected chi connectivity index (χ3v) is 3.48. The number of hydrogen-bond donors (Lipinski definition) is 1. The molecule has 1 aromatic carbocycles. The van der Waals surface area contributed by atoms with Crippen LogP contribution in [0.1, 0.15) is 65.2 Å². The highest BCUT2D eigenvalue weighted by Gasteiger charge is 1.95. The lowest BCUT2D eigenvalue weighted by molar-refractivity contribution is 0.309. The van der Waals surface area contributed by atoms with Crippen LogP contribution in [-0.4, -0.2) is 13.2 Å². The van der Waals surface area contributed by atoms with Crippen molar-refractivity contribution in [2.24, 2.45) is 0 Å². The number of benzene rings is 1. The highest BCUT2D eigenvalue weighted by atomic mass is 16.5. The Kier molecular flexibility index (Phi) is 9.81. The van der Waals surface area contributed by atoms with Crippen molar-refractivity contribution in [2.75, 3.05) is 18.5 Å². The average molecular weight is 277 g/mol. The van der Waals surface area contributed by atoms with Gasteiger partial charge in [0.25, 0.3) is 0 Å². The van der Waals surface area contributed by atoms with E-state index in [9.17, 15) is 0 Å². The summed E-state index contributed by atoms with van der Waals surface area (Å²) < 4.78 is 5.65. The van der Waals surface area contributed by atoms with E-state index >= 15 is 0 Å². The van der Waals surface area contributed by atoms with E-state index in [1.807, 2.05) is 0 Å². The van der Waals surface area contributed by atoms with Gasteiger partial charge in [0.2, 0.25) is 0 Å². The molecule has 2 nitrogen and oxygen atoms in total. The highest BCUT2D eigenvalue weighted by molar-refractivity contribution is 5.46. The SMILES string of the molecule is CCCCCCCCNc1ccc(OCCCC)cc1. The minimum absolute atomic E-state index is 0.820. The van der Waals surface area contributed by atoms with Crippen molar-refractivity contribution < 1.29 is 4.74 Å². The van der Waals surface area contributed by atoms with Gasteiger partial charge < -0.3 is 10.1 Å². The fourth-order valence-corrected chi connectivity index (χ4v) is 2.14. The summed E-state index contributed by atoms with van der Waals surface area (Å²) in [5.41, 5.74) is 1.20. The maximum atomic E-state index is 5.65. The molecule has 0 saturated heterocycles. The normalized spacial score (nSPS) is 10.5. The Morgan fingerprint density at radius 1 is 0.800 bits per heavy atom. The Morgan fingerprint density at radius 3 is 2.15 bits per heavy atom. The molecule has 0 amide bonds. The molecule has 2 heteroatoms. The van der Waals surface area contributed by atoms with Gasteiger partial charge in [-0.2, -0.15) is 0 Å². The van der Waals surface area contributed by atoms with Gasteiger partial charge in [-0.25, -0.2) is 0 Å². The van der Waals surface area contributed by atoms with Gasteiger partial charge in [-0.3, -0.25) is 0 Å². The number of rotatable bonds is 12. The van der Waals surface area contributed by atoms with E-state index in [2.05, 4.69) is 43.4 Å². The number of ether oxygens (including phenoxy) is 1. The summed E-state index contributed by atoms with van der Waals surface area (Å²) in [6, 6.07) is 8.33. The summed E-state index contributed by atoms with van der Waals surface area (Å²) in [4.78, 5) is 0. The topological polar surface area (TPSA) is 21.3 Å². The molecule has 0 aliphatic carbocycles. The third-order valence-electron chi connectivity index (χ3n) is 3.48. The summed E-state index contributed by atoms with van der Waals surface area (Å²) in [6.07, 6.45) is 10.4. The summed E-state index contributed by atoms with van der Waals surface area (Å²) in [5, 5.41) is 3.47. The van der Waals surface area contributed by atoms with Gasteiger partial charge in [-0.15, -0.1) is 0 Å². The Hall–Kier alpha value is -1.18. The smallest absolute Gasteiger partial charge is 0.119 e. The van der Waals surface area contributed by atoms with E-state index in [0.717, 1.165) is 25.3 Å². The van der Waals surface area contributed by atoms with Gasteiger partial charge in [0.1, 0.15) is 5.75 Å². The van der Waals surface area contributed by atoms with Crippen molar-refractivity contribution in [1.82, 2.24) is 0 Å². The van der Waals surface area contributed by atoms with Crippen molar-refractivity contribution in [2.45, 2.75) is 65.2 Å². The molecular weight excluding hydrogens is 246 g/mol. The molecule has 0 unspecified atom stereocenters. The zero-order chi connectivity index (χ0) is 14.5. The van der Waals surface area contributed by atoms with Crippen LogP contribution in [-0.2, 0) is 0 Å². The van der Waals surface area contributed by atoms with Gasteiger partial charge in [0.05, 0.1) is 6.61 Å². The Balaban J connectivity index is 2.08. The molecule has 0 spiro atoms. The van der Waals surface area contributed by atoms with E-state index < -0.39 is 0 Å². The Bertz CT molecular complexity index is 321. The fraction of sp³-hybridized carbons (Fsp3) is 0.667. The summed E-state index contributed by atoms with van der Waals surface area (Å²) in [5.74, 6) is 0.976. The molecule has 0 fully saturated rings. The lowest BCUT2D eigenvalue weighted by Gasteiger charge is -2.08. The quantitative estimate of drug-likeness (QED) is 0.499.